The van der Waals surface area contributed by atoms with Crippen LogP contribution in [0.15, 0.2) is 24.3 Å². The number of rotatable bonds is 8. The molecule has 0 radical (unpaired) electrons. The molecule has 0 fully saturated rings. The van der Waals surface area contributed by atoms with Gasteiger partial charge in [-0.1, -0.05) is 25.5 Å². The normalized spacial score (nSPS) is 11.5. The summed E-state index contributed by atoms with van der Waals surface area (Å²) >= 11 is 1.33. The van der Waals surface area contributed by atoms with Crippen molar-refractivity contribution in [2.75, 3.05) is 23.3 Å². The molecule has 0 bridgehead atoms. The summed E-state index contributed by atoms with van der Waals surface area (Å²) in [7, 11) is 0. The Kier molecular flexibility index (Phi) is 6.42. The summed E-state index contributed by atoms with van der Waals surface area (Å²) in [6, 6.07) is 5.09. The van der Waals surface area contributed by atoms with Crippen LogP contribution in [0, 0.1) is 0 Å². The van der Waals surface area contributed by atoms with Gasteiger partial charge in [-0.25, -0.2) is 0 Å². The van der Waals surface area contributed by atoms with Crippen molar-refractivity contribution in [1.82, 2.24) is 9.36 Å². The van der Waals surface area contributed by atoms with Gasteiger partial charge in [-0.2, -0.15) is 22.5 Å². The zero-order valence-corrected chi connectivity index (χ0v) is 14.5. The summed E-state index contributed by atoms with van der Waals surface area (Å²) in [4.78, 5) is 6.62. The Balaban J connectivity index is 1.93. The first-order valence-corrected chi connectivity index (χ1v) is 8.70. The highest BCUT2D eigenvalue weighted by atomic mass is 32.1. The SMILES string of the molecule is CCCCN(CC)c1nc(NCc2ccc(C(F)(F)F)cc2)ns1. The monoisotopic (exact) mass is 358 g/mol. The Hall–Kier alpha value is -1.83. The molecule has 0 unspecified atom stereocenters. The van der Waals surface area contributed by atoms with E-state index in [0.717, 1.165) is 48.8 Å². The average Bonchev–Trinajstić information content (AvgIpc) is 3.02. The molecule has 0 saturated heterocycles. The smallest absolute Gasteiger partial charge is 0.349 e. The lowest BCUT2D eigenvalue weighted by molar-refractivity contribution is -0.137. The second-order valence-electron chi connectivity index (χ2n) is 5.38. The number of halogens is 3. The van der Waals surface area contributed by atoms with E-state index in [9.17, 15) is 13.2 Å². The minimum Gasteiger partial charge on any atom is -0.349 e. The molecule has 1 aromatic heterocycles. The van der Waals surface area contributed by atoms with Gasteiger partial charge in [0, 0.05) is 31.2 Å². The van der Waals surface area contributed by atoms with E-state index in [1.807, 2.05) is 0 Å². The highest BCUT2D eigenvalue weighted by Gasteiger charge is 2.29. The highest BCUT2D eigenvalue weighted by Crippen LogP contribution is 2.29. The number of nitrogens with zero attached hydrogens (tertiary/aromatic N) is 3. The van der Waals surface area contributed by atoms with Crippen LogP contribution in [0.2, 0.25) is 0 Å². The molecule has 0 aliphatic rings. The van der Waals surface area contributed by atoms with E-state index in [0.29, 0.717) is 12.5 Å². The summed E-state index contributed by atoms with van der Waals surface area (Å²) in [5.41, 5.74) is 0.104. The fraction of sp³-hybridized carbons (Fsp3) is 0.500. The van der Waals surface area contributed by atoms with Crippen LogP contribution in [0.25, 0.3) is 0 Å². The van der Waals surface area contributed by atoms with Crippen molar-refractivity contribution in [3.63, 3.8) is 0 Å². The van der Waals surface area contributed by atoms with Crippen LogP contribution in [0.1, 0.15) is 37.8 Å². The fourth-order valence-electron chi connectivity index (χ4n) is 2.15. The van der Waals surface area contributed by atoms with Crippen molar-refractivity contribution < 1.29 is 13.2 Å². The number of benzene rings is 1. The standard InChI is InChI=1S/C16H21F3N4S/c1-3-5-10-23(4-2)15-21-14(22-24-15)20-11-12-6-8-13(9-7-12)16(17,18)19/h6-9H,3-5,10-11H2,1-2H3,(H,20,22). The van der Waals surface area contributed by atoms with Crippen LogP contribution in [-0.4, -0.2) is 22.4 Å². The molecular weight excluding hydrogens is 337 g/mol. The zero-order valence-electron chi connectivity index (χ0n) is 13.7. The number of aromatic nitrogens is 2. The molecule has 0 spiro atoms. The van der Waals surface area contributed by atoms with Gasteiger partial charge in [0.2, 0.25) is 11.1 Å². The van der Waals surface area contributed by atoms with Gasteiger partial charge in [0.1, 0.15) is 0 Å². The molecule has 1 N–H and O–H groups in total. The molecule has 0 amide bonds. The quantitative estimate of drug-likeness (QED) is 0.736. The van der Waals surface area contributed by atoms with Crippen molar-refractivity contribution in [2.24, 2.45) is 0 Å². The van der Waals surface area contributed by atoms with Crippen LogP contribution in [0.5, 0.6) is 0 Å². The zero-order chi connectivity index (χ0) is 17.6. The van der Waals surface area contributed by atoms with Gasteiger partial charge in [-0.15, -0.1) is 0 Å². The molecule has 0 saturated carbocycles. The van der Waals surface area contributed by atoms with Crippen LogP contribution in [0.3, 0.4) is 0 Å². The van der Waals surface area contributed by atoms with Crippen molar-refractivity contribution >= 4 is 22.6 Å². The van der Waals surface area contributed by atoms with E-state index in [1.165, 1.54) is 23.7 Å². The third-order valence-electron chi connectivity index (χ3n) is 3.58. The van der Waals surface area contributed by atoms with Gasteiger partial charge in [0.15, 0.2) is 0 Å². The predicted molar refractivity (Wildman–Crippen MR) is 91.5 cm³/mol. The predicted octanol–water partition coefficient (Wildman–Crippen LogP) is 4.80. The second-order valence-corrected chi connectivity index (χ2v) is 6.11. The lowest BCUT2D eigenvalue weighted by Gasteiger charge is -2.18. The van der Waals surface area contributed by atoms with Crippen molar-refractivity contribution in [1.29, 1.82) is 0 Å². The molecule has 2 aromatic rings. The van der Waals surface area contributed by atoms with Gasteiger partial charge in [0.05, 0.1) is 5.56 Å². The molecule has 1 aromatic carbocycles. The number of hydrogen-bond acceptors (Lipinski definition) is 5. The van der Waals surface area contributed by atoms with E-state index in [2.05, 4.69) is 33.4 Å². The van der Waals surface area contributed by atoms with Gasteiger partial charge in [-0.3, -0.25) is 0 Å². The Morgan fingerprint density at radius 2 is 1.88 bits per heavy atom. The fourth-order valence-corrected chi connectivity index (χ4v) is 2.88. The maximum absolute atomic E-state index is 12.5. The maximum atomic E-state index is 12.5. The molecule has 0 aliphatic carbocycles. The van der Waals surface area contributed by atoms with E-state index in [1.54, 1.807) is 0 Å². The Bertz CT molecular complexity index is 625. The number of nitrogens with one attached hydrogen (secondary N) is 1. The third kappa shape index (κ3) is 5.09. The van der Waals surface area contributed by atoms with E-state index >= 15 is 0 Å². The third-order valence-corrected chi connectivity index (χ3v) is 4.36. The summed E-state index contributed by atoms with van der Waals surface area (Å²) < 4.78 is 41.9. The summed E-state index contributed by atoms with van der Waals surface area (Å²) in [6.07, 6.45) is -2.09. The summed E-state index contributed by atoms with van der Waals surface area (Å²) in [6.45, 7) is 6.42. The van der Waals surface area contributed by atoms with Crippen molar-refractivity contribution in [3.8, 4) is 0 Å². The van der Waals surface area contributed by atoms with Crippen LogP contribution in [-0.2, 0) is 12.7 Å². The molecule has 1 heterocycles. The largest absolute Gasteiger partial charge is 0.416 e. The molecule has 2 rings (SSSR count). The minimum absolute atomic E-state index is 0.384. The second kappa shape index (κ2) is 8.32. The molecule has 4 nitrogen and oxygen atoms in total. The molecule has 0 aliphatic heterocycles. The van der Waals surface area contributed by atoms with Gasteiger partial charge >= 0.3 is 6.18 Å². The lowest BCUT2D eigenvalue weighted by atomic mass is 10.1. The molecule has 132 valence electrons. The Labute approximate surface area is 143 Å². The lowest BCUT2D eigenvalue weighted by Crippen LogP contribution is -2.23. The van der Waals surface area contributed by atoms with Gasteiger partial charge < -0.3 is 10.2 Å². The van der Waals surface area contributed by atoms with Crippen LogP contribution in [0.4, 0.5) is 24.3 Å². The number of hydrogen-bond donors (Lipinski definition) is 1. The Morgan fingerprint density at radius 3 is 2.46 bits per heavy atom. The first-order chi connectivity index (χ1) is 11.4. The van der Waals surface area contributed by atoms with Crippen LogP contribution < -0.4 is 10.2 Å². The molecule has 8 heteroatoms. The minimum atomic E-state index is -4.31. The number of alkyl halides is 3. The van der Waals surface area contributed by atoms with E-state index in [-0.39, 0.29) is 0 Å². The van der Waals surface area contributed by atoms with E-state index in [4.69, 9.17) is 0 Å². The summed E-state index contributed by atoms with van der Waals surface area (Å²) in [5.74, 6) is 0.504. The van der Waals surface area contributed by atoms with Crippen molar-refractivity contribution in [2.45, 2.75) is 39.4 Å². The molecular formula is C16H21F3N4S. The first kappa shape index (κ1) is 18.5. The Morgan fingerprint density at radius 1 is 1.17 bits per heavy atom. The number of unbranched alkanes of at least 4 members (excludes halogenated alkanes) is 1. The summed E-state index contributed by atoms with van der Waals surface area (Å²) in [5, 5.41) is 3.92. The van der Waals surface area contributed by atoms with Gasteiger partial charge in [0.25, 0.3) is 0 Å². The first-order valence-electron chi connectivity index (χ1n) is 7.92. The van der Waals surface area contributed by atoms with Crippen molar-refractivity contribution in [3.05, 3.63) is 35.4 Å². The molecule has 24 heavy (non-hydrogen) atoms. The van der Waals surface area contributed by atoms with E-state index < -0.39 is 11.7 Å². The van der Waals surface area contributed by atoms with Crippen LogP contribution >= 0.6 is 11.5 Å². The highest BCUT2D eigenvalue weighted by molar-refractivity contribution is 7.09. The van der Waals surface area contributed by atoms with Gasteiger partial charge in [-0.05, 0) is 31.0 Å². The average molecular weight is 358 g/mol. The number of anilines is 2. The molecule has 0 atom stereocenters. The topological polar surface area (TPSA) is 41.1 Å². The maximum Gasteiger partial charge on any atom is 0.416 e.